The van der Waals surface area contributed by atoms with Gasteiger partial charge in [-0.25, -0.2) is 0 Å². The van der Waals surface area contributed by atoms with Crippen molar-refractivity contribution in [2.24, 2.45) is 5.92 Å². The quantitative estimate of drug-likeness (QED) is 0.176. The standard InChI is InChI=1S/C37H31.C2H6Si.2ClH.Zr/c1-4-23(2)33-22-35-30(36-24(3)19-20-25-11-5-8-14-28(25)36)16-10-18-32(35)37(33)31-17-9-15-29-27-13-7-6-12-26(27)21-34(29)31;1-3-2;;;/h5-23,37H,4H2,1-3H3;1-2H3;2*1H;/q-1;;;;+3/p-2. The minimum atomic E-state index is 0. The smallest absolute Gasteiger partial charge is 1.00 e. The van der Waals surface area contributed by atoms with Crippen LogP contribution in [0.4, 0.5) is 0 Å². The van der Waals surface area contributed by atoms with E-state index in [0.717, 1.165) is 15.9 Å². The average molecular weight is 696 g/mol. The van der Waals surface area contributed by atoms with Crippen molar-refractivity contribution in [2.75, 3.05) is 0 Å². The van der Waals surface area contributed by atoms with Gasteiger partial charge in [0.1, 0.15) is 0 Å². The van der Waals surface area contributed by atoms with Gasteiger partial charge in [-0.05, 0) is 57.9 Å². The molecule has 1 aliphatic carbocycles. The van der Waals surface area contributed by atoms with Crippen LogP contribution >= 0.6 is 0 Å². The van der Waals surface area contributed by atoms with E-state index in [1.54, 1.807) is 5.57 Å². The van der Waals surface area contributed by atoms with Crippen molar-refractivity contribution < 1.29 is 51.0 Å². The first-order valence-corrected chi connectivity index (χ1v) is 16.6. The summed E-state index contributed by atoms with van der Waals surface area (Å²) in [7, 11) is 1.08. The Morgan fingerprint density at radius 1 is 0.744 bits per heavy atom. The molecule has 2 unspecified atom stereocenters. The molecule has 2 atom stereocenters. The van der Waals surface area contributed by atoms with E-state index in [4.69, 9.17) is 0 Å². The Morgan fingerprint density at radius 2 is 1.37 bits per heavy atom. The number of hydrogen-bond acceptors (Lipinski definition) is 0. The number of rotatable bonds is 4. The van der Waals surface area contributed by atoms with Gasteiger partial charge in [0, 0.05) is 15.4 Å². The van der Waals surface area contributed by atoms with Gasteiger partial charge in [0.2, 0.25) is 0 Å². The monoisotopic (exact) mass is 693 g/mol. The second-order valence-electron chi connectivity index (χ2n) is 11.2. The Hall–Kier alpha value is -2.35. The van der Waals surface area contributed by atoms with Crippen LogP contribution < -0.4 is 24.8 Å². The third-order valence-corrected chi connectivity index (χ3v) is 8.68. The number of halogens is 2. The summed E-state index contributed by atoms with van der Waals surface area (Å²) in [5, 5.41) is 8.08. The summed E-state index contributed by atoms with van der Waals surface area (Å²) in [6.07, 6.45) is 3.67. The van der Waals surface area contributed by atoms with E-state index in [-0.39, 0.29) is 56.9 Å². The number of benzene rings is 5. The van der Waals surface area contributed by atoms with Gasteiger partial charge in [-0.2, -0.15) is 0 Å². The van der Waals surface area contributed by atoms with E-state index in [2.05, 4.69) is 143 Å². The van der Waals surface area contributed by atoms with Crippen LogP contribution in [0, 0.1) is 12.8 Å². The second kappa shape index (κ2) is 15.1. The van der Waals surface area contributed by atoms with E-state index in [0.29, 0.717) is 5.92 Å². The van der Waals surface area contributed by atoms with Crippen molar-refractivity contribution in [3.05, 3.63) is 131 Å². The molecular weight excluding hydrogens is 659 g/mol. The fraction of sp³-hybridized carbons (Fsp3) is 0.205. The molecule has 0 saturated carbocycles. The Balaban J connectivity index is 0.000000812. The zero-order chi connectivity index (χ0) is 27.8. The number of hydrogen-bond donors (Lipinski definition) is 0. The summed E-state index contributed by atoms with van der Waals surface area (Å²) >= 11 is 0. The molecule has 1 aliphatic rings. The summed E-state index contributed by atoms with van der Waals surface area (Å²) in [6.45, 7) is 11.3. The van der Waals surface area contributed by atoms with Gasteiger partial charge in [-0.3, -0.25) is 0 Å². The molecule has 4 heteroatoms. The van der Waals surface area contributed by atoms with E-state index >= 15 is 0 Å². The molecule has 0 amide bonds. The second-order valence-corrected chi connectivity index (χ2v) is 12.2. The fourth-order valence-electron chi connectivity index (χ4n) is 6.65. The Kier molecular flexibility index (Phi) is 12.3. The molecule has 215 valence electrons. The summed E-state index contributed by atoms with van der Waals surface area (Å²) in [5.74, 6) is 0.791. The third-order valence-electron chi connectivity index (χ3n) is 8.68. The molecule has 0 fully saturated rings. The number of fused-ring (bicyclic) bond motifs is 5. The molecule has 0 bridgehead atoms. The van der Waals surface area contributed by atoms with E-state index in [1.807, 2.05) is 0 Å². The first-order chi connectivity index (χ1) is 19.6. The zero-order valence-electron chi connectivity index (χ0n) is 25.5. The van der Waals surface area contributed by atoms with Crippen molar-refractivity contribution >= 4 is 47.9 Å². The predicted molar refractivity (Wildman–Crippen MR) is 178 cm³/mol. The molecule has 0 N–H and O–H groups in total. The van der Waals surface area contributed by atoms with Gasteiger partial charge in [0.15, 0.2) is 0 Å². The van der Waals surface area contributed by atoms with Gasteiger partial charge in [-0.1, -0.05) is 135 Å². The van der Waals surface area contributed by atoms with E-state index in [1.165, 1.54) is 65.7 Å². The Morgan fingerprint density at radius 3 is 2.12 bits per heavy atom. The molecule has 0 nitrogen and oxygen atoms in total. The van der Waals surface area contributed by atoms with Crippen LogP contribution in [-0.2, 0) is 26.2 Å². The number of allylic oxidation sites excluding steroid dienone is 1. The maximum atomic E-state index is 2.53. The summed E-state index contributed by atoms with van der Waals surface area (Å²) in [5.41, 5.74) is 9.88. The van der Waals surface area contributed by atoms with Crippen LogP contribution in [-0.4, -0.2) is 9.52 Å². The molecular formula is C39H37Cl2SiZr. The summed E-state index contributed by atoms with van der Waals surface area (Å²) in [6, 6.07) is 38.4. The topological polar surface area (TPSA) is 0 Å². The van der Waals surface area contributed by atoms with Crippen molar-refractivity contribution in [3.8, 4) is 11.1 Å². The van der Waals surface area contributed by atoms with Crippen molar-refractivity contribution in [1.82, 2.24) is 0 Å². The summed E-state index contributed by atoms with van der Waals surface area (Å²) < 4.78 is 0. The minimum absolute atomic E-state index is 0. The SMILES string of the molecule is CCC(C)C1=Cc2c(-c3c(C)ccc4ccccc34)cccc2C1c1cccc2c1[cH-]c1ccccc12.C[Si]C.[Cl-].[Cl-].[Zr+3]. The van der Waals surface area contributed by atoms with E-state index < -0.39 is 0 Å². The minimum Gasteiger partial charge on any atom is -1.00 e. The Labute approximate surface area is 291 Å². The van der Waals surface area contributed by atoms with Crippen LogP contribution in [0.15, 0.2) is 109 Å². The van der Waals surface area contributed by atoms with Gasteiger partial charge in [0.05, 0.1) is 0 Å². The van der Waals surface area contributed by atoms with Gasteiger partial charge in [0.25, 0.3) is 0 Å². The van der Waals surface area contributed by atoms with E-state index in [9.17, 15) is 0 Å². The molecule has 43 heavy (non-hydrogen) atoms. The molecule has 6 aromatic rings. The summed E-state index contributed by atoms with van der Waals surface area (Å²) in [4.78, 5) is 0. The maximum Gasteiger partial charge on any atom is 3.00 e. The molecule has 0 aliphatic heterocycles. The molecule has 0 aromatic heterocycles. The zero-order valence-corrected chi connectivity index (χ0v) is 30.5. The van der Waals surface area contributed by atoms with Crippen molar-refractivity contribution in [1.29, 1.82) is 0 Å². The van der Waals surface area contributed by atoms with Gasteiger partial charge in [-0.15, -0.1) is 33.7 Å². The molecule has 3 radical (unpaired) electrons. The predicted octanol–water partition coefficient (Wildman–Crippen LogP) is 5.21. The largest absolute Gasteiger partial charge is 3.00 e. The third kappa shape index (κ3) is 6.27. The molecule has 0 heterocycles. The Bertz CT molecular complexity index is 1880. The van der Waals surface area contributed by atoms with Crippen molar-refractivity contribution in [2.45, 2.75) is 46.2 Å². The van der Waals surface area contributed by atoms with Crippen molar-refractivity contribution in [3.63, 3.8) is 0 Å². The first-order valence-electron chi connectivity index (χ1n) is 14.6. The first kappa shape index (κ1) is 35.1. The van der Waals surface area contributed by atoms with Crippen LogP contribution in [0.3, 0.4) is 0 Å². The molecule has 0 spiro atoms. The van der Waals surface area contributed by atoms with Crippen LogP contribution in [0.25, 0.3) is 49.5 Å². The van der Waals surface area contributed by atoms with Gasteiger partial charge < -0.3 is 24.8 Å². The number of aryl methyl sites for hydroxylation is 1. The van der Waals surface area contributed by atoms with Gasteiger partial charge >= 0.3 is 26.2 Å². The van der Waals surface area contributed by atoms with Crippen LogP contribution in [0.5, 0.6) is 0 Å². The normalized spacial score (nSPS) is 14.1. The molecule has 7 rings (SSSR count). The maximum absolute atomic E-state index is 2.53. The molecule has 6 aromatic carbocycles. The molecule has 0 saturated heterocycles. The van der Waals surface area contributed by atoms with Crippen LogP contribution in [0.2, 0.25) is 13.1 Å². The fourth-order valence-corrected chi connectivity index (χ4v) is 6.65. The average Bonchev–Trinajstić information content (AvgIpc) is 3.56. The van der Waals surface area contributed by atoms with Crippen LogP contribution in [0.1, 0.15) is 48.4 Å².